The van der Waals surface area contributed by atoms with Gasteiger partial charge in [-0.05, 0) is 41.8 Å². The molecule has 5 heteroatoms. The summed E-state index contributed by atoms with van der Waals surface area (Å²) in [4.78, 5) is 11.9. The molecule has 1 aromatic carbocycles. The Morgan fingerprint density at radius 2 is 1.80 bits per heavy atom. The predicted molar refractivity (Wildman–Crippen MR) is 79.8 cm³/mol. The zero-order valence-electron chi connectivity index (χ0n) is 12.0. The monoisotopic (exact) mass is 342 g/mol. The van der Waals surface area contributed by atoms with Crippen molar-refractivity contribution in [2.75, 3.05) is 14.2 Å². The van der Waals surface area contributed by atoms with Gasteiger partial charge in [0.05, 0.1) is 24.1 Å². The summed E-state index contributed by atoms with van der Waals surface area (Å²) in [5, 5.41) is 9.74. The van der Waals surface area contributed by atoms with Crippen molar-refractivity contribution < 1.29 is 19.4 Å². The van der Waals surface area contributed by atoms with Crippen molar-refractivity contribution in [1.82, 2.24) is 0 Å². The van der Waals surface area contributed by atoms with Crippen molar-refractivity contribution in [3.63, 3.8) is 0 Å². The molecule has 20 heavy (non-hydrogen) atoms. The van der Waals surface area contributed by atoms with Crippen LogP contribution in [0.1, 0.15) is 36.8 Å². The number of ether oxygens (including phenoxy) is 2. The Morgan fingerprint density at radius 3 is 2.25 bits per heavy atom. The minimum Gasteiger partial charge on any atom is -0.496 e. The highest BCUT2D eigenvalue weighted by Crippen LogP contribution is 2.49. The maximum atomic E-state index is 11.9. The van der Waals surface area contributed by atoms with Crippen LogP contribution >= 0.6 is 15.9 Å². The summed E-state index contributed by atoms with van der Waals surface area (Å²) in [5.41, 5.74) is 0.729. The summed E-state index contributed by atoms with van der Waals surface area (Å²) in [7, 11) is 3.17. The van der Waals surface area contributed by atoms with Gasteiger partial charge in [0.2, 0.25) is 0 Å². The third-order valence-electron chi connectivity index (χ3n) is 4.20. The number of methoxy groups -OCH3 is 2. The molecule has 0 spiro atoms. The van der Waals surface area contributed by atoms with Gasteiger partial charge in [-0.15, -0.1) is 0 Å². The molecule has 0 saturated heterocycles. The molecule has 1 fully saturated rings. The molecule has 110 valence electrons. The highest BCUT2D eigenvalue weighted by atomic mass is 79.9. The Morgan fingerprint density at radius 1 is 1.25 bits per heavy atom. The lowest BCUT2D eigenvalue weighted by molar-refractivity contribution is -0.143. The quantitative estimate of drug-likeness (QED) is 0.906. The van der Waals surface area contributed by atoms with Gasteiger partial charge in [0.1, 0.15) is 11.5 Å². The van der Waals surface area contributed by atoms with Crippen molar-refractivity contribution in [2.45, 2.75) is 38.0 Å². The molecule has 1 N–H and O–H groups in total. The van der Waals surface area contributed by atoms with Crippen LogP contribution in [0.15, 0.2) is 10.5 Å². The van der Waals surface area contributed by atoms with Crippen molar-refractivity contribution in [2.24, 2.45) is 0 Å². The number of carboxylic acid groups (broad SMARTS) is 1. The fourth-order valence-corrected chi connectivity index (χ4v) is 3.88. The van der Waals surface area contributed by atoms with Gasteiger partial charge in [0, 0.05) is 11.1 Å². The van der Waals surface area contributed by atoms with Crippen LogP contribution in [-0.2, 0) is 10.2 Å². The van der Waals surface area contributed by atoms with Crippen LogP contribution < -0.4 is 9.47 Å². The van der Waals surface area contributed by atoms with Crippen LogP contribution in [0, 0.1) is 6.92 Å². The zero-order valence-corrected chi connectivity index (χ0v) is 13.5. The molecule has 1 saturated carbocycles. The number of carbonyl (C=O) groups is 1. The summed E-state index contributed by atoms with van der Waals surface area (Å²) in [6, 6.07) is 1.84. The van der Waals surface area contributed by atoms with E-state index in [4.69, 9.17) is 9.47 Å². The Bertz CT molecular complexity index is 533. The maximum absolute atomic E-state index is 11.9. The van der Waals surface area contributed by atoms with Crippen molar-refractivity contribution in [3.05, 3.63) is 21.7 Å². The van der Waals surface area contributed by atoms with Gasteiger partial charge in [-0.3, -0.25) is 4.79 Å². The van der Waals surface area contributed by atoms with E-state index in [1.807, 2.05) is 13.0 Å². The lowest BCUT2D eigenvalue weighted by Crippen LogP contribution is -2.33. The number of aliphatic carboxylic acids is 1. The van der Waals surface area contributed by atoms with Gasteiger partial charge < -0.3 is 14.6 Å². The first kappa shape index (κ1) is 15.2. The fraction of sp³-hybridized carbons (Fsp3) is 0.533. The molecular weight excluding hydrogens is 324 g/mol. The summed E-state index contributed by atoms with van der Waals surface area (Å²) >= 11 is 3.47. The molecule has 0 aromatic heterocycles. The van der Waals surface area contributed by atoms with E-state index >= 15 is 0 Å². The average molecular weight is 343 g/mol. The zero-order chi connectivity index (χ0) is 14.9. The van der Waals surface area contributed by atoms with E-state index in [1.54, 1.807) is 14.2 Å². The maximum Gasteiger partial charge on any atom is 0.314 e. The summed E-state index contributed by atoms with van der Waals surface area (Å²) in [5.74, 6) is 0.531. The van der Waals surface area contributed by atoms with Crippen LogP contribution in [0.3, 0.4) is 0 Å². The molecular formula is C15H19BrO4. The van der Waals surface area contributed by atoms with Gasteiger partial charge in [0.15, 0.2) is 0 Å². The molecule has 1 aliphatic rings. The van der Waals surface area contributed by atoms with E-state index in [9.17, 15) is 9.90 Å². The number of halogens is 1. The average Bonchev–Trinajstić information content (AvgIpc) is 2.89. The van der Waals surface area contributed by atoms with Gasteiger partial charge in [-0.2, -0.15) is 0 Å². The van der Waals surface area contributed by atoms with Crippen LogP contribution in [0.25, 0.3) is 0 Å². The Labute approximate surface area is 127 Å². The highest BCUT2D eigenvalue weighted by Gasteiger charge is 2.45. The van der Waals surface area contributed by atoms with E-state index in [0.717, 1.165) is 28.4 Å². The first-order valence-corrected chi connectivity index (χ1v) is 7.42. The van der Waals surface area contributed by atoms with Gasteiger partial charge >= 0.3 is 5.97 Å². The SMILES string of the molecule is COc1c(Br)cc(C2(C(=O)O)CCCC2)c(OC)c1C. The van der Waals surface area contributed by atoms with Gasteiger partial charge in [-0.25, -0.2) is 0 Å². The fourth-order valence-electron chi connectivity index (χ4n) is 3.19. The number of hydrogen-bond acceptors (Lipinski definition) is 3. The second-order valence-corrected chi connectivity index (χ2v) is 6.05. The third kappa shape index (κ3) is 2.18. The van der Waals surface area contributed by atoms with E-state index in [-0.39, 0.29) is 0 Å². The molecule has 1 aliphatic carbocycles. The van der Waals surface area contributed by atoms with Crippen LogP contribution in [0.4, 0.5) is 0 Å². The molecule has 0 heterocycles. The molecule has 0 unspecified atom stereocenters. The minimum absolute atomic E-state index is 0.620. The molecule has 4 nitrogen and oxygen atoms in total. The van der Waals surface area contributed by atoms with E-state index in [1.165, 1.54) is 0 Å². The molecule has 0 radical (unpaired) electrons. The van der Waals surface area contributed by atoms with E-state index in [0.29, 0.717) is 24.3 Å². The lowest BCUT2D eigenvalue weighted by Gasteiger charge is -2.28. The molecule has 0 amide bonds. The van der Waals surface area contributed by atoms with E-state index < -0.39 is 11.4 Å². The largest absolute Gasteiger partial charge is 0.496 e. The molecule has 0 bridgehead atoms. The number of carboxylic acids is 1. The Hall–Kier alpha value is -1.23. The molecule has 2 rings (SSSR count). The van der Waals surface area contributed by atoms with Crippen LogP contribution in [0.5, 0.6) is 11.5 Å². The molecule has 0 aliphatic heterocycles. The highest BCUT2D eigenvalue weighted by molar-refractivity contribution is 9.10. The first-order valence-electron chi connectivity index (χ1n) is 6.63. The summed E-state index contributed by atoms with van der Waals surface area (Å²) in [6.45, 7) is 1.89. The standard InChI is InChI=1S/C15H19BrO4/c1-9-12(19-2)10(8-11(16)13(9)20-3)15(14(17)18)6-4-5-7-15/h8H,4-7H2,1-3H3,(H,17,18). The Kier molecular flexibility index (Phi) is 4.28. The Balaban J connectivity index is 2.70. The predicted octanol–water partition coefficient (Wildman–Crippen LogP) is 3.67. The number of hydrogen-bond donors (Lipinski definition) is 1. The number of rotatable bonds is 4. The molecule has 1 aromatic rings. The van der Waals surface area contributed by atoms with Crippen molar-refractivity contribution >= 4 is 21.9 Å². The van der Waals surface area contributed by atoms with Crippen LogP contribution in [-0.4, -0.2) is 25.3 Å². The topological polar surface area (TPSA) is 55.8 Å². The van der Waals surface area contributed by atoms with E-state index in [2.05, 4.69) is 15.9 Å². The van der Waals surface area contributed by atoms with Crippen LogP contribution in [0.2, 0.25) is 0 Å². The summed E-state index contributed by atoms with van der Waals surface area (Å²) < 4.78 is 11.6. The first-order chi connectivity index (χ1) is 9.47. The summed E-state index contributed by atoms with van der Waals surface area (Å²) in [6.07, 6.45) is 3.16. The van der Waals surface area contributed by atoms with Crippen molar-refractivity contribution in [3.8, 4) is 11.5 Å². The van der Waals surface area contributed by atoms with Crippen molar-refractivity contribution in [1.29, 1.82) is 0 Å². The molecule has 0 atom stereocenters. The number of benzene rings is 1. The second-order valence-electron chi connectivity index (χ2n) is 5.19. The smallest absolute Gasteiger partial charge is 0.314 e. The van der Waals surface area contributed by atoms with Gasteiger partial charge in [-0.1, -0.05) is 12.8 Å². The normalized spacial score (nSPS) is 17.0. The third-order valence-corrected chi connectivity index (χ3v) is 4.79. The van der Waals surface area contributed by atoms with Gasteiger partial charge in [0.25, 0.3) is 0 Å². The lowest BCUT2D eigenvalue weighted by atomic mass is 9.77. The minimum atomic E-state index is -0.842. The second kappa shape index (κ2) is 5.64.